The molecule has 0 aromatic heterocycles. The average Bonchev–Trinajstić information content (AvgIpc) is 2.10. The summed E-state index contributed by atoms with van der Waals surface area (Å²) < 4.78 is 1.09. The van der Waals surface area contributed by atoms with Crippen molar-refractivity contribution in [1.82, 2.24) is 0 Å². The van der Waals surface area contributed by atoms with Crippen molar-refractivity contribution in [3.05, 3.63) is 9.47 Å². The molecular weight excluding hydrogens is 244 g/mol. The second kappa shape index (κ2) is 2.39. The van der Waals surface area contributed by atoms with E-state index in [4.69, 9.17) is 0 Å². The fraction of sp³-hybridized carbons (Fsp3) is 0.714. The quantitative estimate of drug-likeness (QED) is 0.669. The minimum absolute atomic E-state index is 0.562. The molecule has 0 heterocycles. The summed E-state index contributed by atoms with van der Waals surface area (Å²) in [5.74, 6) is 0.784. The molecule has 1 aliphatic carbocycles. The van der Waals surface area contributed by atoms with Gasteiger partial charge in [-0.15, -0.1) is 0 Å². The monoisotopic (exact) mass is 252 g/mol. The summed E-state index contributed by atoms with van der Waals surface area (Å²) in [7, 11) is 0. The maximum atomic E-state index is 3.34. The maximum Gasteiger partial charge on any atom is 0.0567 e. The number of allylic oxidation sites excluding steroid dienone is 1. The Morgan fingerprint density at radius 1 is 1.56 bits per heavy atom. The first-order valence-corrected chi connectivity index (χ1v) is 4.64. The number of halogens is 2. The highest BCUT2D eigenvalue weighted by Gasteiger charge is 2.43. The Hall–Kier alpha value is 0.700. The van der Waals surface area contributed by atoms with Crippen LogP contribution in [0.2, 0.25) is 0 Å². The summed E-state index contributed by atoms with van der Waals surface area (Å²) in [5.41, 5.74) is 0.562. The van der Waals surface area contributed by atoms with Gasteiger partial charge in [-0.2, -0.15) is 0 Å². The zero-order chi connectivity index (χ0) is 7.07. The lowest BCUT2D eigenvalue weighted by molar-refractivity contribution is 0.610. The normalized spacial score (nSPS) is 29.6. The fourth-order valence-electron chi connectivity index (χ4n) is 0.944. The van der Waals surface area contributed by atoms with Crippen LogP contribution in [0, 0.1) is 11.3 Å². The summed E-state index contributed by atoms with van der Waals surface area (Å²) in [6.07, 6.45) is 3.55. The lowest BCUT2D eigenvalue weighted by atomic mass is 10.1. The van der Waals surface area contributed by atoms with Gasteiger partial charge in [0.2, 0.25) is 0 Å². The van der Waals surface area contributed by atoms with Crippen molar-refractivity contribution < 1.29 is 0 Å². The van der Waals surface area contributed by atoms with Crippen LogP contribution < -0.4 is 0 Å². The zero-order valence-corrected chi connectivity index (χ0v) is 8.79. The highest BCUT2D eigenvalue weighted by atomic mass is 79.9. The first-order chi connectivity index (χ1) is 4.02. The van der Waals surface area contributed by atoms with Gasteiger partial charge in [0.25, 0.3) is 0 Å². The second-order valence-corrected chi connectivity index (χ2v) is 6.03. The largest absolute Gasteiger partial charge is 0.0595 e. The van der Waals surface area contributed by atoms with Crippen molar-refractivity contribution >= 4 is 31.9 Å². The zero-order valence-electron chi connectivity index (χ0n) is 5.62. The molecule has 0 unspecified atom stereocenters. The third kappa shape index (κ3) is 2.08. The van der Waals surface area contributed by atoms with Gasteiger partial charge in [-0.25, -0.2) is 0 Å². The van der Waals surface area contributed by atoms with Crippen LogP contribution in [-0.2, 0) is 0 Å². The predicted octanol–water partition coefficient (Wildman–Crippen LogP) is 3.66. The molecule has 1 aliphatic rings. The van der Waals surface area contributed by atoms with E-state index in [0.717, 1.165) is 9.31 Å². The Kier molecular flexibility index (Phi) is 2.07. The van der Waals surface area contributed by atoms with Crippen LogP contribution in [0.15, 0.2) is 9.47 Å². The number of hydrogen-bond donors (Lipinski definition) is 0. The van der Waals surface area contributed by atoms with E-state index in [2.05, 4.69) is 51.8 Å². The molecule has 2 heteroatoms. The smallest absolute Gasteiger partial charge is 0.0567 e. The van der Waals surface area contributed by atoms with Gasteiger partial charge < -0.3 is 0 Å². The molecule has 0 nitrogen and oxygen atoms in total. The van der Waals surface area contributed by atoms with Crippen LogP contribution in [0.5, 0.6) is 0 Å². The van der Waals surface area contributed by atoms with Crippen molar-refractivity contribution in [2.24, 2.45) is 11.3 Å². The van der Waals surface area contributed by atoms with E-state index < -0.39 is 0 Å². The summed E-state index contributed by atoms with van der Waals surface area (Å²) >= 11 is 6.69. The van der Waals surface area contributed by atoms with E-state index in [1.165, 1.54) is 6.42 Å². The highest BCUT2D eigenvalue weighted by Crippen LogP contribution is 2.53. The lowest BCUT2D eigenvalue weighted by Crippen LogP contribution is -1.85. The predicted molar refractivity (Wildman–Crippen MR) is 47.8 cm³/mol. The maximum absolute atomic E-state index is 3.34. The molecule has 52 valence electrons. The third-order valence-corrected chi connectivity index (χ3v) is 2.45. The average molecular weight is 254 g/mol. The van der Waals surface area contributed by atoms with Gasteiger partial charge in [0.05, 0.1) is 3.39 Å². The van der Waals surface area contributed by atoms with Crippen molar-refractivity contribution in [1.29, 1.82) is 0 Å². The minimum Gasteiger partial charge on any atom is -0.0595 e. The Morgan fingerprint density at radius 3 is 2.11 bits per heavy atom. The summed E-state index contributed by atoms with van der Waals surface area (Å²) in [6, 6.07) is 0. The van der Waals surface area contributed by atoms with E-state index in [1.807, 2.05) is 0 Å². The van der Waals surface area contributed by atoms with Gasteiger partial charge >= 0.3 is 0 Å². The van der Waals surface area contributed by atoms with Crippen LogP contribution in [0.4, 0.5) is 0 Å². The van der Waals surface area contributed by atoms with E-state index >= 15 is 0 Å². The van der Waals surface area contributed by atoms with Crippen LogP contribution in [0.25, 0.3) is 0 Å². The van der Waals surface area contributed by atoms with Crippen molar-refractivity contribution in [3.8, 4) is 0 Å². The Labute approximate surface area is 73.0 Å². The van der Waals surface area contributed by atoms with Crippen LogP contribution in [-0.4, -0.2) is 0 Å². The molecule has 0 spiro atoms. The van der Waals surface area contributed by atoms with Crippen molar-refractivity contribution in [2.75, 3.05) is 0 Å². The van der Waals surface area contributed by atoms with E-state index in [0.29, 0.717) is 5.41 Å². The molecule has 1 atom stereocenters. The SMILES string of the molecule is CC1(C)C[C@H]1C=C(Br)Br. The molecule has 0 aliphatic heterocycles. The molecule has 0 aromatic carbocycles. The van der Waals surface area contributed by atoms with Crippen molar-refractivity contribution in [2.45, 2.75) is 20.3 Å². The molecular formula is C7H10Br2. The van der Waals surface area contributed by atoms with Gasteiger partial charge in [-0.05, 0) is 49.6 Å². The molecule has 0 radical (unpaired) electrons. The Balaban J connectivity index is 2.45. The molecule has 0 saturated heterocycles. The van der Waals surface area contributed by atoms with Gasteiger partial charge in [0, 0.05) is 0 Å². The first-order valence-electron chi connectivity index (χ1n) is 3.05. The molecule has 0 bridgehead atoms. The molecule has 0 aromatic rings. The van der Waals surface area contributed by atoms with E-state index in [-0.39, 0.29) is 0 Å². The molecule has 1 fully saturated rings. The molecule has 0 N–H and O–H groups in total. The topological polar surface area (TPSA) is 0 Å². The first kappa shape index (κ1) is 7.80. The summed E-state index contributed by atoms with van der Waals surface area (Å²) in [4.78, 5) is 0. The van der Waals surface area contributed by atoms with Crippen LogP contribution >= 0.6 is 31.9 Å². The number of rotatable bonds is 1. The molecule has 1 rings (SSSR count). The molecule has 1 saturated carbocycles. The molecule has 9 heavy (non-hydrogen) atoms. The highest BCUT2D eigenvalue weighted by molar-refractivity contribution is 9.28. The van der Waals surface area contributed by atoms with Gasteiger partial charge in [0.1, 0.15) is 0 Å². The lowest BCUT2D eigenvalue weighted by Gasteiger charge is -1.95. The summed E-state index contributed by atoms with van der Waals surface area (Å²) in [5, 5.41) is 0. The van der Waals surface area contributed by atoms with E-state index in [9.17, 15) is 0 Å². The third-order valence-electron chi connectivity index (χ3n) is 1.92. The Bertz CT molecular complexity index is 143. The van der Waals surface area contributed by atoms with Crippen molar-refractivity contribution in [3.63, 3.8) is 0 Å². The van der Waals surface area contributed by atoms with Crippen LogP contribution in [0.1, 0.15) is 20.3 Å². The standard InChI is InChI=1S/C7H10Br2/c1-7(2)4-5(7)3-6(8)9/h3,5H,4H2,1-2H3/t5-/m1/s1. The van der Waals surface area contributed by atoms with Gasteiger partial charge in [-0.1, -0.05) is 19.9 Å². The molecule has 0 amide bonds. The van der Waals surface area contributed by atoms with Gasteiger partial charge in [-0.3, -0.25) is 0 Å². The number of hydrogen-bond acceptors (Lipinski definition) is 0. The second-order valence-electron chi connectivity index (χ2n) is 3.26. The van der Waals surface area contributed by atoms with Crippen LogP contribution in [0.3, 0.4) is 0 Å². The van der Waals surface area contributed by atoms with Gasteiger partial charge in [0.15, 0.2) is 0 Å². The van der Waals surface area contributed by atoms with E-state index in [1.54, 1.807) is 0 Å². The fourth-order valence-corrected chi connectivity index (χ4v) is 1.58. The summed E-state index contributed by atoms with van der Waals surface area (Å²) in [6.45, 7) is 4.58. The Morgan fingerprint density at radius 2 is 2.00 bits per heavy atom. The minimum atomic E-state index is 0.562.